The van der Waals surface area contributed by atoms with E-state index in [0.717, 1.165) is 23.8 Å². The molecule has 2 unspecified atom stereocenters. The van der Waals surface area contributed by atoms with Crippen molar-refractivity contribution in [2.75, 3.05) is 11.9 Å². The minimum Gasteiger partial charge on any atom is -0.482 e. The number of rotatable bonds is 6. The third-order valence-electron chi connectivity index (χ3n) is 3.73. The molecule has 0 fully saturated rings. The van der Waals surface area contributed by atoms with Crippen molar-refractivity contribution in [2.24, 2.45) is 11.7 Å². The van der Waals surface area contributed by atoms with Crippen molar-refractivity contribution in [3.8, 4) is 5.75 Å². The lowest BCUT2D eigenvalue weighted by molar-refractivity contribution is -0.153. The van der Waals surface area contributed by atoms with Crippen LogP contribution in [0.1, 0.15) is 18.5 Å². The summed E-state index contributed by atoms with van der Waals surface area (Å²) in [7, 11) is 0. The summed E-state index contributed by atoms with van der Waals surface area (Å²) in [6.07, 6.45) is -4.59. The van der Waals surface area contributed by atoms with Crippen molar-refractivity contribution in [2.45, 2.75) is 19.1 Å². The fourth-order valence-electron chi connectivity index (χ4n) is 2.25. The lowest BCUT2D eigenvalue weighted by atomic mass is 9.94. The number of hydrogen-bond acceptors (Lipinski definition) is 3. The maximum Gasteiger partial charge on any atom is 0.422 e. The SMILES string of the molecule is CC(C(=O)Nc1ccc(F)cc1OCC(F)(F)F)C(N)c1ccccc1. The molecule has 2 atom stereocenters. The van der Waals surface area contributed by atoms with Gasteiger partial charge in [-0.3, -0.25) is 4.79 Å². The number of carbonyl (C=O) groups excluding carboxylic acids is 1. The van der Waals surface area contributed by atoms with Crippen LogP contribution in [-0.2, 0) is 4.79 Å². The highest BCUT2D eigenvalue weighted by Gasteiger charge is 2.29. The predicted octanol–water partition coefficient (Wildman–Crippen LogP) is 4.04. The zero-order chi connectivity index (χ0) is 19.3. The number of hydrogen-bond donors (Lipinski definition) is 2. The number of benzene rings is 2. The summed E-state index contributed by atoms with van der Waals surface area (Å²) in [6.45, 7) is -0.00876. The molecule has 0 aliphatic heterocycles. The Kier molecular flexibility index (Phi) is 6.20. The molecule has 0 heterocycles. The van der Waals surface area contributed by atoms with E-state index in [1.807, 2.05) is 6.07 Å². The quantitative estimate of drug-likeness (QED) is 0.755. The van der Waals surface area contributed by atoms with Crippen LogP contribution in [0.15, 0.2) is 48.5 Å². The molecule has 2 rings (SSSR count). The van der Waals surface area contributed by atoms with E-state index in [2.05, 4.69) is 10.1 Å². The Hall–Kier alpha value is -2.61. The minimum absolute atomic E-state index is 0.0623. The number of ether oxygens (including phenoxy) is 1. The second-order valence-electron chi connectivity index (χ2n) is 5.76. The standard InChI is InChI=1S/C18H18F4N2O2/c1-11(16(23)12-5-3-2-4-6-12)17(25)24-14-8-7-13(19)9-15(14)26-10-18(20,21)22/h2-9,11,16H,10,23H2,1H3,(H,24,25). The summed E-state index contributed by atoms with van der Waals surface area (Å²) >= 11 is 0. The summed E-state index contributed by atoms with van der Waals surface area (Å²) in [5, 5.41) is 2.45. The summed E-state index contributed by atoms with van der Waals surface area (Å²) < 4.78 is 54.9. The first-order chi connectivity index (χ1) is 12.2. The van der Waals surface area contributed by atoms with Crippen LogP contribution in [0.25, 0.3) is 0 Å². The van der Waals surface area contributed by atoms with Crippen LogP contribution in [0.4, 0.5) is 23.2 Å². The van der Waals surface area contributed by atoms with Gasteiger partial charge < -0.3 is 15.8 Å². The average molecular weight is 370 g/mol. The highest BCUT2D eigenvalue weighted by Crippen LogP contribution is 2.29. The Labute approximate surface area is 148 Å². The molecule has 2 aromatic rings. The van der Waals surface area contributed by atoms with E-state index < -0.39 is 42.2 Å². The first-order valence-corrected chi connectivity index (χ1v) is 7.78. The molecule has 8 heteroatoms. The van der Waals surface area contributed by atoms with E-state index in [1.165, 1.54) is 0 Å². The van der Waals surface area contributed by atoms with Gasteiger partial charge in [-0.25, -0.2) is 4.39 Å². The van der Waals surface area contributed by atoms with E-state index in [1.54, 1.807) is 31.2 Å². The van der Waals surface area contributed by atoms with Gasteiger partial charge in [0.2, 0.25) is 5.91 Å². The molecule has 140 valence electrons. The number of anilines is 1. The van der Waals surface area contributed by atoms with Gasteiger partial charge in [0.1, 0.15) is 11.6 Å². The maximum atomic E-state index is 13.3. The Balaban J connectivity index is 2.12. The largest absolute Gasteiger partial charge is 0.482 e. The first-order valence-electron chi connectivity index (χ1n) is 7.78. The Morgan fingerprint density at radius 2 is 1.85 bits per heavy atom. The number of nitrogens with two attached hydrogens (primary N) is 1. The van der Waals surface area contributed by atoms with Gasteiger partial charge in [-0.05, 0) is 17.7 Å². The number of nitrogens with one attached hydrogen (secondary N) is 1. The molecule has 1 amide bonds. The van der Waals surface area contributed by atoms with Gasteiger partial charge in [0.25, 0.3) is 0 Å². The van der Waals surface area contributed by atoms with Gasteiger partial charge in [0.05, 0.1) is 11.6 Å². The molecule has 3 N–H and O–H groups in total. The van der Waals surface area contributed by atoms with Crippen molar-refractivity contribution >= 4 is 11.6 Å². The topological polar surface area (TPSA) is 64.3 Å². The molecule has 0 aliphatic rings. The van der Waals surface area contributed by atoms with Gasteiger partial charge in [-0.15, -0.1) is 0 Å². The minimum atomic E-state index is -4.59. The van der Waals surface area contributed by atoms with E-state index in [0.29, 0.717) is 0 Å². The molecule has 0 aromatic heterocycles. The highest BCUT2D eigenvalue weighted by atomic mass is 19.4. The molecule has 0 saturated heterocycles. The van der Waals surface area contributed by atoms with E-state index >= 15 is 0 Å². The van der Waals surface area contributed by atoms with E-state index in [-0.39, 0.29) is 5.69 Å². The summed E-state index contributed by atoms with van der Waals surface area (Å²) in [5.41, 5.74) is 6.75. The third kappa shape index (κ3) is 5.45. The van der Waals surface area contributed by atoms with Gasteiger partial charge in [-0.2, -0.15) is 13.2 Å². The van der Waals surface area contributed by atoms with Crippen LogP contribution in [0.3, 0.4) is 0 Å². The average Bonchev–Trinajstić information content (AvgIpc) is 2.60. The van der Waals surface area contributed by atoms with Crippen LogP contribution < -0.4 is 15.8 Å². The third-order valence-corrected chi connectivity index (χ3v) is 3.73. The van der Waals surface area contributed by atoms with Gasteiger partial charge in [0, 0.05) is 12.1 Å². The molecular formula is C18H18F4N2O2. The van der Waals surface area contributed by atoms with Crippen LogP contribution in [-0.4, -0.2) is 18.7 Å². The highest BCUT2D eigenvalue weighted by molar-refractivity contribution is 5.94. The normalized spacial score (nSPS) is 13.8. The fraction of sp³-hybridized carbons (Fsp3) is 0.278. The molecule has 4 nitrogen and oxygen atoms in total. The lowest BCUT2D eigenvalue weighted by Gasteiger charge is -2.21. The Bertz CT molecular complexity index is 751. The number of carbonyl (C=O) groups is 1. The second-order valence-corrected chi connectivity index (χ2v) is 5.76. The maximum absolute atomic E-state index is 13.3. The molecule has 26 heavy (non-hydrogen) atoms. The van der Waals surface area contributed by atoms with Crippen LogP contribution >= 0.6 is 0 Å². The molecule has 0 aliphatic carbocycles. The second kappa shape index (κ2) is 8.18. The lowest BCUT2D eigenvalue weighted by Crippen LogP contribution is -2.30. The van der Waals surface area contributed by atoms with Crippen molar-refractivity contribution in [3.05, 3.63) is 59.9 Å². The molecule has 0 bridgehead atoms. The molecule has 2 aromatic carbocycles. The molecule has 0 saturated carbocycles. The summed E-state index contributed by atoms with van der Waals surface area (Å²) in [4.78, 5) is 12.4. The predicted molar refractivity (Wildman–Crippen MR) is 89.1 cm³/mol. The zero-order valence-corrected chi connectivity index (χ0v) is 13.9. The molecule has 0 spiro atoms. The van der Waals surface area contributed by atoms with Gasteiger partial charge >= 0.3 is 6.18 Å². The van der Waals surface area contributed by atoms with E-state index in [9.17, 15) is 22.4 Å². The summed E-state index contributed by atoms with van der Waals surface area (Å²) in [6, 6.07) is 11.2. The van der Waals surface area contributed by atoms with Crippen molar-refractivity contribution in [3.63, 3.8) is 0 Å². The smallest absolute Gasteiger partial charge is 0.422 e. The van der Waals surface area contributed by atoms with Crippen molar-refractivity contribution in [1.82, 2.24) is 0 Å². The first kappa shape index (κ1) is 19.7. The molecular weight excluding hydrogens is 352 g/mol. The number of amides is 1. The Morgan fingerprint density at radius 1 is 1.19 bits per heavy atom. The summed E-state index contributed by atoms with van der Waals surface area (Å²) in [5.74, 6) is -2.40. The van der Waals surface area contributed by atoms with Crippen LogP contribution in [0, 0.1) is 11.7 Å². The van der Waals surface area contributed by atoms with Crippen molar-refractivity contribution < 1.29 is 27.1 Å². The van der Waals surface area contributed by atoms with Gasteiger partial charge in [0.15, 0.2) is 6.61 Å². The molecule has 0 radical (unpaired) electrons. The monoisotopic (exact) mass is 370 g/mol. The zero-order valence-electron chi connectivity index (χ0n) is 13.9. The number of alkyl halides is 3. The van der Waals surface area contributed by atoms with Crippen LogP contribution in [0.5, 0.6) is 5.75 Å². The fourth-order valence-corrected chi connectivity index (χ4v) is 2.25. The van der Waals surface area contributed by atoms with Crippen LogP contribution in [0.2, 0.25) is 0 Å². The van der Waals surface area contributed by atoms with E-state index in [4.69, 9.17) is 5.73 Å². The Morgan fingerprint density at radius 3 is 2.46 bits per heavy atom. The van der Waals surface area contributed by atoms with Crippen molar-refractivity contribution in [1.29, 1.82) is 0 Å². The number of halogens is 4. The van der Waals surface area contributed by atoms with Gasteiger partial charge in [-0.1, -0.05) is 37.3 Å².